The van der Waals surface area contributed by atoms with E-state index in [1.807, 2.05) is 43.3 Å². The summed E-state index contributed by atoms with van der Waals surface area (Å²) in [6, 6.07) is 13.2. The maximum Gasteiger partial charge on any atom is 0.255 e. The van der Waals surface area contributed by atoms with Crippen LogP contribution in [-0.2, 0) is 11.3 Å². The van der Waals surface area contributed by atoms with Crippen LogP contribution >= 0.6 is 0 Å². The third-order valence-electron chi connectivity index (χ3n) is 5.64. The summed E-state index contributed by atoms with van der Waals surface area (Å²) in [6.07, 6.45) is 3.11. The summed E-state index contributed by atoms with van der Waals surface area (Å²) in [4.78, 5) is 26.4. The van der Waals surface area contributed by atoms with Crippen LogP contribution in [0.4, 0.5) is 5.69 Å². The quantitative estimate of drug-likeness (QED) is 0.630. The molecule has 9 heteroatoms. The zero-order valence-corrected chi connectivity index (χ0v) is 17.4. The van der Waals surface area contributed by atoms with Gasteiger partial charge in [0.25, 0.3) is 5.91 Å². The summed E-state index contributed by atoms with van der Waals surface area (Å²) >= 11 is 0. The van der Waals surface area contributed by atoms with Gasteiger partial charge in [-0.1, -0.05) is 12.1 Å². The van der Waals surface area contributed by atoms with Gasteiger partial charge in [0.05, 0.1) is 5.69 Å². The first-order chi connectivity index (χ1) is 15.0. The van der Waals surface area contributed by atoms with E-state index >= 15 is 0 Å². The van der Waals surface area contributed by atoms with Crippen LogP contribution in [0, 0.1) is 12.8 Å². The van der Waals surface area contributed by atoms with E-state index in [2.05, 4.69) is 25.7 Å². The van der Waals surface area contributed by atoms with Crippen molar-refractivity contribution in [3.63, 3.8) is 0 Å². The summed E-state index contributed by atoms with van der Waals surface area (Å²) in [5.74, 6) is -0.395. The molecular formula is C22H25N7O2. The molecule has 1 saturated heterocycles. The second kappa shape index (κ2) is 9.05. The Morgan fingerprint density at radius 2 is 1.97 bits per heavy atom. The second-order valence-electron chi connectivity index (χ2n) is 7.86. The lowest BCUT2D eigenvalue weighted by Gasteiger charge is -2.30. The van der Waals surface area contributed by atoms with Crippen LogP contribution in [0.1, 0.15) is 34.3 Å². The number of aromatic nitrogens is 4. The number of carbonyl (C=O) groups excluding carboxylic acids is 2. The molecule has 2 aromatic carbocycles. The van der Waals surface area contributed by atoms with Crippen molar-refractivity contribution < 1.29 is 9.59 Å². The topological polar surface area (TPSA) is 119 Å². The molecule has 160 valence electrons. The Morgan fingerprint density at radius 1 is 1.16 bits per heavy atom. The van der Waals surface area contributed by atoms with E-state index in [9.17, 15) is 9.59 Å². The number of nitrogens with one attached hydrogen (secondary N) is 1. The van der Waals surface area contributed by atoms with Crippen molar-refractivity contribution in [2.24, 2.45) is 11.7 Å². The van der Waals surface area contributed by atoms with Gasteiger partial charge < -0.3 is 11.1 Å². The molecule has 1 aliphatic rings. The molecule has 4 rings (SSSR count). The van der Waals surface area contributed by atoms with Crippen LogP contribution in [0.5, 0.6) is 0 Å². The molecule has 0 radical (unpaired) electrons. The normalized spacial score (nSPS) is 15.0. The van der Waals surface area contributed by atoms with Crippen LogP contribution in [0.15, 0.2) is 48.8 Å². The van der Waals surface area contributed by atoms with E-state index in [0.717, 1.165) is 55.0 Å². The van der Waals surface area contributed by atoms with Crippen molar-refractivity contribution in [2.75, 3.05) is 18.4 Å². The number of hydrogen-bond donors (Lipinski definition) is 2. The molecule has 0 spiro atoms. The first-order valence-corrected chi connectivity index (χ1v) is 10.3. The number of aryl methyl sites for hydroxylation is 1. The Hall–Kier alpha value is -3.59. The fourth-order valence-electron chi connectivity index (χ4n) is 3.91. The number of benzene rings is 2. The van der Waals surface area contributed by atoms with Gasteiger partial charge in [0.15, 0.2) is 0 Å². The average molecular weight is 419 g/mol. The highest BCUT2D eigenvalue weighted by Crippen LogP contribution is 2.21. The van der Waals surface area contributed by atoms with Crippen LogP contribution in [-0.4, -0.2) is 50.0 Å². The van der Waals surface area contributed by atoms with E-state index in [0.29, 0.717) is 5.56 Å². The van der Waals surface area contributed by atoms with Gasteiger partial charge in [-0.2, -0.15) is 0 Å². The Balaban J connectivity index is 1.39. The molecule has 1 fully saturated rings. The van der Waals surface area contributed by atoms with Gasteiger partial charge >= 0.3 is 0 Å². The Kier molecular flexibility index (Phi) is 6.03. The summed E-state index contributed by atoms with van der Waals surface area (Å²) in [5, 5.41) is 14.1. The smallest absolute Gasteiger partial charge is 0.255 e. The van der Waals surface area contributed by atoms with Crippen molar-refractivity contribution >= 4 is 17.5 Å². The Bertz CT molecular complexity index is 1070. The van der Waals surface area contributed by atoms with Gasteiger partial charge in [-0.3, -0.25) is 14.5 Å². The standard InChI is InChI=1S/C22H25N7O2/c1-15-11-18(5-6-20(15)29-14-24-26-27-29)22(31)25-19-4-2-3-16(12-19)13-28-9-7-17(8-10-28)21(23)30/h2-6,11-12,14,17H,7-10,13H2,1H3,(H2,23,30)(H,25,31). The predicted octanol–water partition coefficient (Wildman–Crippen LogP) is 1.92. The summed E-state index contributed by atoms with van der Waals surface area (Å²) in [5.41, 5.74) is 9.56. The number of nitrogens with two attached hydrogens (primary N) is 1. The average Bonchev–Trinajstić information content (AvgIpc) is 3.29. The molecule has 1 aromatic heterocycles. The molecule has 1 aliphatic heterocycles. The summed E-state index contributed by atoms with van der Waals surface area (Å²) in [6.45, 7) is 4.37. The minimum atomic E-state index is -0.203. The van der Waals surface area contributed by atoms with Gasteiger partial charge in [0, 0.05) is 23.7 Å². The van der Waals surface area contributed by atoms with E-state index < -0.39 is 0 Å². The number of hydrogen-bond acceptors (Lipinski definition) is 6. The maximum absolute atomic E-state index is 12.8. The molecule has 0 saturated carbocycles. The van der Waals surface area contributed by atoms with E-state index in [4.69, 9.17) is 5.73 Å². The number of anilines is 1. The van der Waals surface area contributed by atoms with Gasteiger partial charge in [-0.15, -0.1) is 5.10 Å². The number of primary amides is 1. The highest BCUT2D eigenvalue weighted by Gasteiger charge is 2.23. The van der Waals surface area contributed by atoms with Crippen LogP contribution in [0.3, 0.4) is 0 Å². The Labute approximate surface area is 180 Å². The molecular weight excluding hydrogens is 394 g/mol. The largest absolute Gasteiger partial charge is 0.369 e. The number of amides is 2. The first-order valence-electron chi connectivity index (χ1n) is 10.3. The van der Waals surface area contributed by atoms with Gasteiger partial charge in [0.1, 0.15) is 6.33 Å². The zero-order valence-electron chi connectivity index (χ0n) is 17.4. The molecule has 9 nitrogen and oxygen atoms in total. The first kappa shape index (κ1) is 20.7. The minimum absolute atomic E-state index is 0.0162. The maximum atomic E-state index is 12.8. The fraction of sp³-hybridized carbons (Fsp3) is 0.318. The lowest BCUT2D eigenvalue weighted by atomic mass is 9.96. The van der Waals surface area contributed by atoms with Crippen molar-refractivity contribution in [3.8, 4) is 5.69 Å². The third-order valence-corrected chi connectivity index (χ3v) is 5.64. The molecule has 2 heterocycles. The molecule has 2 amide bonds. The highest BCUT2D eigenvalue weighted by atomic mass is 16.2. The van der Waals surface area contributed by atoms with Gasteiger partial charge in [-0.25, -0.2) is 4.68 Å². The fourth-order valence-corrected chi connectivity index (χ4v) is 3.91. The van der Waals surface area contributed by atoms with Gasteiger partial charge in [0.2, 0.25) is 5.91 Å². The number of nitrogens with zero attached hydrogens (tertiary/aromatic N) is 5. The summed E-state index contributed by atoms with van der Waals surface area (Å²) < 4.78 is 1.56. The van der Waals surface area contributed by atoms with Crippen molar-refractivity contribution in [3.05, 3.63) is 65.5 Å². The Morgan fingerprint density at radius 3 is 2.65 bits per heavy atom. The molecule has 3 aromatic rings. The number of carbonyl (C=O) groups is 2. The van der Waals surface area contributed by atoms with E-state index in [1.54, 1.807) is 10.7 Å². The number of rotatable bonds is 6. The van der Waals surface area contributed by atoms with Gasteiger partial charge in [-0.05, 0) is 84.7 Å². The number of piperidine rings is 1. The second-order valence-corrected chi connectivity index (χ2v) is 7.86. The summed E-state index contributed by atoms with van der Waals surface area (Å²) in [7, 11) is 0. The number of likely N-dealkylation sites (tertiary alicyclic amines) is 1. The lowest BCUT2D eigenvalue weighted by Crippen LogP contribution is -2.38. The third kappa shape index (κ3) is 4.95. The SMILES string of the molecule is Cc1cc(C(=O)Nc2cccc(CN3CCC(C(N)=O)CC3)c2)ccc1-n1cnnn1. The predicted molar refractivity (Wildman–Crippen MR) is 115 cm³/mol. The van der Waals surface area contributed by atoms with Crippen LogP contribution < -0.4 is 11.1 Å². The lowest BCUT2D eigenvalue weighted by molar-refractivity contribution is -0.123. The van der Waals surface area contributed by atoms with Crippen molar-refractivity contribution in [2.45, 2.75) is 26.3 Å². The van der Waals surface area contributed by atoms with E-state index in [1.165, 1.54) is 6.33 Å². The molecule has 0 aliphatic carbocycles. The zero-order chi connectivity index (χ0) is 21.8. The van der Waals surface area contributed by atoms with Crippen LogP contribution in [0.2, 0.25) is 0 Å². The molecule has 0 atom stereocenters. The van der Waals surface area contributed by atoms with Crippen molar-refractivity contribution in [1.82, 2.24) is 25.1 Å². The van der Waals surface area contributed by atoms with Crippen molar-refractivity contribution in [1.29, 1.82) is 0 Å². The van der Waals surface area contributed by atoms with Crippen LogP contribution in [0.25, 0.3) is 5.69 Å². The monoisotopic (exact) mass is 419 g/mol. The molecule has 31 heavy (non-hydrogen) atoms. The molecule has 0 unspecified atom stereocenters. The van der Waals surface area contributed by atoms with E-state index in [-0.39, 0.29) is 17.7 Å². The minimum Gasteiger partial charge on any atom is -0.369 e. The molecule has 3 N–H and O–H groups in total. The molecule has 0 bridgehead atoms. The highest BCUT2D eigenvalue weighted by molar-refractivity contribution is 6.04. The number of tetrazole rings is 1.